The van der Waals surface area contributed by atoms with Crippen molar-refractivity contribution in [2.24, 2.45) is 4.99 Å². The van der Waals surface area contributed by atoms with E-state index in [0.717, 1.165) is 12.2 Å². The van der Waals surface area contributed by atoms with Gasteiger partial charge in [-0.15, -0.1) is 0 Å². The molecule has 66 valence electrons. The van der Waals surface area contributed by atoms with Gasteiger partial charge in [-0.3, -0.25) is 4.99 Å². The molecule has 0 N–H and O–H groups in total. The van der Waals surface area contributed by atoms with E-state index in [4.69, 9.17) is 0 Å². The predicted molar refractivity (Wildman–Crippen MR) is 53.0 cm³/mol. The molecule has 0 amide bonds. The van der Waals surface area contributed by atoms with Gasteiger partial charge in [0.2, 0.25) is 0 Å². The van der Waals surface area contributed by atoms with E-state index in [0.29, 0.717) is 0 Å². The van der Waals surface area contributed by atoms with Crippen LogP contribution in [0.2, 0.25) is 0 Å². The summed E-state index contributed by atoms with van der Waals surface area (Å²) in [6.45, 7) is 12.4. The summed E-state index contributed by atoms with van der Waals surface area (Å²) in [7, 11) is 2.01. The Hall–Kier alpha value is -0.790. The minimum Gasteiger partial charge on any atom is -0.379 e. The Morgan fingerprint density at radius 1 is 1.55 bits per heavy atom. The van der Waals surface area contributed by atoms with Crippen LogP contribution in [0.1, 0.15) is 27.7 Å². The second-order valence-corrected chi connectivity index (χ2v) is 2.00. The third-order valence-corrected chi connectivity index (χ3v) is 1.16. The molecule has 11 heavy (non-hydrogen) atoms. The third-order valence-electron chi connectivity index (χ3n) is 1.16. The van der Waals surface area contributed by atoms with E-state index >= 15 is 0 Å². The molecule has 0 fully saturated rings. The van der Waals surface area contributed by atoms with Crippen molar-refractivity contribution in [3.8, 4) is 0 Å². The topological polar surface area (TPSA) is 15.6 Å². The fourth-order valence-corrected chi connectivity index (χ4v) is 0.451. The molecule has 2 nitrogen and oxygen atoms in total. The highest BCUT2D eigenvalue weighted by Gasteiger charge is 1.84. The molecule has 0 aliphatic rings. The smallest absolute Gasteiger partial charge is 0.0523 e. The van der Waals surface area contributed by atoms with Crippen molar-refractivity contribution in [3.63, 3.8) is 0 Å². The summed E-state index contributed by atoms with van der Waals surface area (Å²) >= 11 is 0. The van der Waals surface area contributed by atoms with E-state index < -0.39 is 0 Å². The summed E-state index contributed by atoms with van der Waals surface area (Å²) in [5.74, 6) is 0. The highest BCUT2D eigenvalue weighted by atomic mass is 15.1. The molecule has 0 aliphatic heterocycles. The van der Waals surface area contributed by atoms with Gasteiger partial charge in [0.05, 0.1) is 5.70 Å². The Kier molecular flexibility index (Phi) is 10.8. The van der Waals surface area contributed by atoms with Crippen LogP contribution in [0, 0.1) is 0 Å². The van der Waals surface area contributed by atoms with Crippen LogP contribution in [0.4, 0.5) is 0 Å². The largest absolute Gasteiger partial charge is 0.379 e. The van der Waals surface area contributed by atoms with E-state index in [-0.39, 0.29) is 0 Å². The van der Waals surface area contributed by atoms with Gasteiger partial charge in [0.25, 0.3) is 0 Å². The first-order valence-corrected chi connectivity index (χ1v) is 4.06. The van der Waals surface area contributed by atoms with Crippen LogP contribution in [0.5, 0.6) is 0 Å². The van der Waals surface area contributed by atoms with Crippen molar-refractivity contribution >= 4 is 6.72 Å². The zero-order chi connectivity index (χ0) is 9.28. The number of allylic oxidation sites excluding steroid dienone is 1. The summed E-state index contributed by atoms with van der Waals surface area (Å²) in [4.78, 5) is 5.81. The summed E-state index contributed by atoms with van der Waals surface area (Å²) in [5.41, 5.74) is 0.958. The molecule has 0 aliphatic carbocycles. The average molecular weight is 156 g/mol. The van der Waals surface area contributed by atoms with E-state index in [1.165, 1.54) is 0 Å². The first-order chi connectivity index (χ1) is 5.20. The van der Waals surface area contributed by atoms with Crippen molar-refractivity contribution in [2.45, 2.75) is 27.7 Å². The van der Waals surface area contributed by atoms with Crippen molar-refractivity contribution in [1.82, 2.24) is 4.90 Å². The number of hydrogen-bond donors (Lipinski definition) is 0. The minimum absolute atomic E-state index is 0.958. The van der Waals surface area contributed by atoms with Crippen molar-refractivity contribution in [1.29, 1.82) is 0 Å². The van der Waals surface area contributed by atoms with Crippen LogP contribution in [-0.4, -0.2) is 25.2 Å². The maximum Gasteiger partial charge on any atom is 0.0523 e. The van der Waals surface area contributed by atoms with Crippen molar-refractivity contribution in [2.75, 3.05) is 13.6 Å². The normalized spacial score (nSPS) is 9.73. The van der Waals surface area contributed by atoms with Gasteiger partial charge in [-0.1, -0.05) is 13.8 Å². The van der Waals surface area contributed by atoms with Gasteiger partial charge in [0, 0.05) is 19.8 Å². The monoisotopic (exact) mass is 156 g/mol. The van der Waals surface area contributed by atoms with Gasteiger partial charge in [-0.05, 0) is 20.6 Å². The maximum absolute atomic E-state index is 3.75. The highest BCUT2D eigenvalue weighted by Crippen LogP contribution is 1.93. The number of nitrogens with zero attached hydrogens (tertiary/aromatic N) is 2. The first-order valence-electron chi connectivity index (χ1n) is 4.06. The van der Waals surface area contributed by atoms with E-state index in [1.54, 1.807) is 0 Å². The van der Waals surface area contributed by atoms with Crippen LogP contribution >= 0.6 is 0 Å². The number of aliphatic imine (C=N–C) groups is 1. The molecule has 0 radical (unpaired) electrons. The van der Waals surface area contributed by atoms with Crippen LogP contribution in [0.15, 0.2) is 16.9 Å². The standard InChI is InChI=1S/C7H14N2.C2H6/c1-5-9(4)6-7(2)8-3;1-2/h6H,3,5H2,1-2,4H3;1-2H3/b7-6-;. The van der Waals surface area contributed by atoms with Crippen molar-refractivity contribution < 1.29 is 0 Å². The molecule has 0 bridgehead atoms. The van der Waals surface area contributed by atoms with Crippen LogP contribution in [-0.2, 0) is 0 Å². The minimum atomic E-state index is 0.958. The van der Waals surface area contributed by atoms with Crippen LogP contribution in [0.25, 0.3) is 0 Å². The highest BCUT2D eigenvalue weighted by molar-refractivity contribution is 5.27. The van der Waals surface area contributed by atoms with E-state index in [9.17, 15) is 0 Å². The molecular formula is C9H20N2. The summed E-state index contributed by atoms with van der Waals surface area (Å²) < 4.78 is 0. The third kappa shape index (κ3) is 9.21. The Balaban J connectivity index is 0. The molecule has 0 unspecified atom stereocenters. The lowest BCUT2D eigenvalue weighted by molar-refractivity contribution is 0.479. The van der Waals surface area contributed by atoms with E-state index in [1.807, 2.05) is 34.0 Å². The zero-order valence-corrected chi connectivity index (χ0v) is 8.39. The molecule has 0 aromatic rings. The summed E-state index contributed by atoms with van der Waals surface area (Å²) in [5, 5.41) is 0. The lowest BCUT2D eigenvalue weighted by atomic mass is 10.5. The second-order valence-electron chi connectivity index (χ2n) is 2.00. The molecule has 0 saturated heterocycles. The fourth-order valence-electron chi connectivity index (χ4n) is 0.451. The van der Waals surface area contributed by atoms with Crippen LogP contribution < -0.4 is 0 Å². The molecule has 0 rings (SSSR count). The lowest BCUT2D eigenvalue weighted by Crippen LogP contribution is -2.09. The molecule has 0 aromatic heterocycles. The quantitative estimate of drug-likeness (QED) is 0.573. The maximum atomic E-state index is 3.75. The molecule has 0 heterocycles. The van der Waals surface area contributed by atoms with Gasteiger partial charge in [0.15, 0.2) is 0 Å². The number of hydrogen-bond acceptors (Lipinski definition) is 2. The lowest BCUT2D eigenvalue weighted by Gasteiger charge is -2.09. The van der Waals surface area contributed by atoms with E-state index in [2.05, 4.69) is 23.5 Å². The van der Waals surface area contributed by atoms with Crippen molar-refractivity contribution in [3.05, 3.63) is 11.9 Å². The molecule has 0 saturated carbocycles. The second kappa shape index (κ2) is 9.21. The predicted octanol–water partition coefficient (Wildman–Crippen LogP) is 2.53. The first kappa shape index (κ1) is 12.8. The molecule has 0 spiro atoms. The van der Waals surface area contributed by atoms with Gasteiger partial charge in [0.1, 0.15) is 0 Å². The Bertz CT molecular complexity index is 117. The average Bonchev–Trinajstić information content (AvgIpc) is 2.07. The fraction of sp³-hybridized carbons (Fsp3) is 0.667. The summed E-state index contributed by atoms with van der Waals surface area (Å²) in [6, 6.07) is 0. The SMILES string of the molecule is C=N/C(C)=C\N(C)CC.CC. The molecule has 2 heteroatoms. The van der Waals surface area contributed by atoms with Crippen LogP contribution in [0.3, 0.4) is 0 Å². The Morgan fingerprint density at radius 3 is 2.27 bits per heavy atom. The Morgan fingerprint density at radius 2 is 2.00 bits per heavy atom. The van der Waals surface area contributed by atoms with Gasteiger partial charge in [-0.2, -0.15) is 0 Å². The molecular weight excluding hydrogens is 136 g/mol. The van der Waals surface area contributed by atoms with Gasteiger partial charge in [-0.25, -0.2) is 0 Å². The molecule has 0 aromatic carbocycles. The molecule has 0 atom stereocenters. The van der Waals surface area contributed by atoms with Gasteiger partial charge < -0.3 is 4.90 Å². The summed E-state index contributed by atoms with van der Waals surface area (Å²) in [6.07, 6.45) is 1.97. The van der Waals surface area contributed by atoms with Gasteiger partial charge >= 0.3 is 0 Å². The number of rotatable bonds is 3. The zero-order valence-electron chi connectivity index (χ0n) is 8.39. The Labute approximate surface area is 70.6 Å².